The number of carbonyl (C=O) groups excluding carboxylic acids is 1. The van der Waals surface area contributed by atoms with Crippen LogP contribution in [0.15, 0.2) is 29.3 Å². The third-order valence-electron chi connectivity index (χ3n) is 6.30. The van der Waals surface area contributed by atoms with Gasteiger partial charge in [-0.2, -0.15) is 0 Å². The van der Waals surface area contributed by atoms with Crippen molar-refractivity contribution < 1.29 is 4.79 Å². The van der Waals surface area contributed by atoms with Crippen molar-refractivity contribution in [2.24, 2.45) is 16.6 Å². The average Bonchev–Trinajstić information content (AvgIpc) is 2.96. The molecule has 2 aliphatic rings. The molecule has 8 heteroatoms. The number of likely N-dealkylation sites (N-methyl/N-ethyl adjacent to an activating group) is 1. The summed E-state index contributed by atoms with van der Waals surface area (Å²) in [6.07, 6.45) is 3.84. The highest BCUT2D eigenvalue weighted by molar-refractivity contribution is 14.0. The Morgan fingerprint density at radius 2 is 1.84 bits per heavy atom. The molecule has 3 rings (SSSR count). The highest BCUT2D eigenvalue weighted by Crippen LogP contribution is 2.19. The molecule has 32 heavy (non-hydrogen) atoms. The Morgan fingerprint density at radius 3 is 2.56 bits per heavy atom. The van der Waals surface area contributed by atoms with Gasteiger partial charge in [0.25, 0.3) is 0 Å². The lowest BCUT2D eigenvalue weighted by molar-refractivity contribution is -0.119. The predicted molar refractivity (Wildman–Crippen MR) is 142 cm³/mol. The summed E-state index contributed by atoms with van der Waals surface area (Å²) in [5, 5.41) is 3.42. The van der Waals surface area contributed by atoms with Crippen LogP contribution in [0.25, 0.3) is 0 Å². The Bertz CT molecular complexity index is 726. The van der Waals surface area contributed by atoms with E-state index in [2.05, 4.69) is 58.3 Å². The van der Waals surface area contributed by atoms with Gasteiger partial charge in [0, 0.05) is 45.7 Å². The minimum atomic E-state index is -0.207. The van der Waals surface area contributed by atoms with Crippen LogP contribution in [0.2, 0.25) is 0 Å². The smallest absolute Gasteiger partial charge is 0.217 e. The number of nitrogens with zero attached hydrogens (tertiary/aromatic N) is 4. The summed E-state index contributed by atoms with van der Waals surface area (Å²) in [5.74, 6) is 1.06. The van der Waals surface area contributed by atoms with Crippen molar-refractivity contribution in [1.82, 2.24) is 20.0 Å². The molecule has 2 heterocycles. The van der Waals surface area contributed by atoms with Crippen LogP contribution in [0.3, 0.4) is 0 Å². The van der Waals surface area contributed by atoms with Crippen LogP contribution in [-0.2, 0) is 17.9 Å². The van der Waals surface area contributed by atoms with Gasteiger partial charge in [0.2, 0.25) is 5.91 Å². The van der Waals surface area contributed by atoms with Crippen LogP contribution in [0.4, 0.5) is 0 Å². The number of aliphatic imine (C=N–C) groups is 1. The number of hydrogen-bond donors (Lipinski definition) is 2. The number of amides is 1. The average molecular weight is 557 g/mol. The lowest BCUT2D eigenvalue weighted by Gasteiger charge is -2.34. The van der Waals surface area contributed by atoms with Crippen molar-refractivity contribution in [3.8, 4) is 0 Å². The number of carbonyl (C=O) groups is 1. The molecule has 3 N–H and O–H groups in total. The summed E-state index contributed by atoms with van der Waals surface area (Å²) < 4.78 is 0. The van der Waals surface area contributed by atoms with E-state index in [1.165, 1.54) is 30.6 Å². The van der Waals surface area contributed by atoms with Crippen LogP contribution in [0.5, 0.6) is 0 Å². The summed E-state index contributed by atoms with van der Waals surface area (Å²) in [7, 11) is 2.21. The van der Waals surface area contributed by atoms with Gasteiger partial charge in [0.05, 0.1) is 6.54 Å². The molecule has 7 nitrogen and oxygen atoms in total. The molecule has 1 amide bonds. The molecule has 0 spiro atoms. The Kier molecular flexibility index (Phi) is 11.7. The van der Waals surface area contributed by atoms with Gasteiger partial charge < -0.3 is 20.9 Å². The predicted octanol–water partition coefficient (Wildman–Crippen LogP) is 2.50. The molecule has 0 aliphatic carbocycles. The minimum Gasteiger partial charge on any atom is -0.370 e. The van der Waals surface area contributed by atoms with E-state index in [0.717, 1.165) is 58.1 Å². The quantitative estimate of drug-likeness (QED) is 0.307. The monoisotopic (exact) mass is 556 g/mol. The number of likely N-dealkylation sites (tertiary alicyclic amines) is 1. The topological polar surface area (TPSA) is 77.2 Å². The number of primary amides is 1. The van der Waals surface area contributed by atoms with E-state index in [-0.39, 0.29) is 29.9 Å². The Hall–Kier alpha value is -1.39. The van der Waals surface area contributed by atoms with E-state index in [4.69, 9.17) is 10.7 Å². The van der Waals surface area contributed by atoms with Crippen LogP contribution in [0.1, 0.15) is 43.7 Å². The van der Waals surface area contributed by atoms with Gasteiger partial charge in [-0.3, -0.25) is 9.69 Å². The fourth-order valence-corrected chi connectivity index (χ4v) is 4.57. The zero-order valence-electron chi connectivity index (χ0n) is 19.8. The molecule has 0 bridgehead atoms. The number of halogens is 1. The van der Waals surface area contributed by atoms with Crippen molar-refractivity contribution >= 4 is 35.8 Å². The fraction of sp³-hybridized carbons (Fsp3) is 0.667. The first-order chi connectivity index (χ1) is 15.0. The Balaban J connectivity index is 0.00000363. The maximum absolute atomic E-state index is 11.3. The number of rotatable bonds is 7. The lowest BCUT2D eigenvalue weighted by atomic mass is 9.95. The van der Waals surface area contributed by atoms with E-state index in [1.54, 1.807) is 0 Å². The molecule has 2 saturated heterocycles. The summed E-state index contributed by atoms with van der Waals surface area (Å²) in [5.41, 5.74) is 8.01. The zero-order chi connectivity index (χ0) is 22.1. The second-order valence-corrected chi connectivity index (χ2v) is 9.04. The molecule has 180 valence electrons. The first kappa shape index (κ1) is 26.9. The van der Waals surface area contributed by atoms with Gasteiger partial charge in [0.1, 0.15) is 0 Å². The van der Waals surface area contributed by atoms with E-state index in [0.29, 0.717) is 18.9 Å². The van der Waals surface area contributed by atoms with E-state index in [9.17, 15) is 4.79 Å². The van der Waals surface area contributed by atoms with Crippen molar-refractivity contribution in [2.45, 2.75) is 45.7 Å². The fourth-order valence-electron chi connectivity index (χ4n) is 4.57. The molecule has 0 radical (unpaired) electrons. The number of guanidine groups is 1. The molecule has 1 unspecified atom stereocenters. The lowest BCUT2D eigenvalue weighted by Crippen LogP contribution is -2.47. The largest absolute Gasteiger partial charge is 0.370 e. The number of piperidine rings is 1. The van der Waals surface area contributed by atoms with Crippen LogP contribution < -0.4 is 11.1 Å². The second-order valence-electron chi connectivity index (χ2n) is 9.04. The SMILES string of the molecule is CCNC(=NCc1ccc(CN2CCCN(C)CC2)cc1)N1CCCC(CC(N)=O)C1.I. The summed E-state index contributed by atoms with van der Waals surface area (Å²) >= 11 is 0. The molecule has 2 aliphatic heterocycles. The highest BCUT2D eigenvalue weighted by Gasteiger charge is 2.23. The van der Waals surface area contributed by atoms with Crippen molar-refractivity contribution in [3.63, 3.8) is 0 Å². The normalized spacial score (nSPS) is 21.0. The second kappa shape index (κ2) is 14.0. The molecular formula is C24H41IN6O. The van der Waals surface area contributed by atoms with Crippen LogP contribution in [0, 0.1) is 5.92 Å². The number of hydrogen-bond acceptors (Lipinski definition) is 4. The number of nitrogens with one attached hydrogen (secondary N) is 1. The summed E-state index contributed by atoms with van der Waals surface area (Å²) in [4.78, 5) is 23.5. The first-order valence-electron chi connectivity index (χ1n) is 11.8. The van der Waals surface area contributed by atoms with Gasteiger partial charge >= 0.3 is 0 Å². The third-order valence-corrected chi connectivity index (χ3v) is 6.30. The number of nitrogens with two attached hydrogens (primary N) is 1. The van der Waals surface area contributed by atoms with Gasteiger partial charge in [-0.05, 0) is 63.4 Å². The molecule has 1 aromatic carbocycles. The van der Waals surface area contributed by atoms with Crippen molar-refractivity contribution in [1.29, 1.82) is 0 Å². The Morgan fingerprint density at radius 1 is 1.09 bits per heavy atom. The minimum absolute atomic E-state index is 0. The molecular weight excluding hydrogens is 515 g/mol. The van der Waals surface area contributed by atoms with Gasteiger partial charge in [-0.25, -0.2) is 4.99 Å². The first-order valence-corrected chi connectivity index (χ1v) is 11.8. The zero-order valence-corrected chi connectivity index (χ0v) is 22.1. The van der Waals surface area contributed by atoms with Gasteiger partial charge in [-0.15, -0.1) is 24.0 Å². The van der Waals surface area contributed by atoms with E-state index < -0.39 is 0 Å². The van der Waals surface area contributed by atoms with E-state index >= 15 is 0 Å². The highest BCUT2D eigenvalue weighted by atomic mass is 127. The molecule has 1 atom stereocenters. The van der Waals surface area contributed by atoms with Crippen LogP contribution in [-0.4, -0.2) is 79.4 Å². The van der Waals surface area contributed by atoms with Gasteiger partial charge in [0.15, 0.2) is 5.96 Å². The van der Waals surface area contributed by atoms with Crippen molar-refractivity contribution in [2.75, 3.05) is 52.9 Å². The van der Waals surface area contributed by atoms with E-state index in [1.807, 2.05) is 0 Å². The standard InChI is InChI=1S/C24H40N6O.HI/c1-3-26-24(30-13-4-6-22(19-30)16-23(25)31)27-17-20-7-9-21(10-8-20)18-29-12-5-11-28(2)14-15-29;/h7-10,22H,3-6,11-19H2,1-2H3,(H2,25,31)(H,26,27);1H. The summed E-state index contributed by atoms with van der Waals surface area (Å²) in [6, 6.07) is 8.91. The van der Waals surface area contributed by atoms with Crippen molar-refractivity contribution in [3.05, 3.63) is 35.4 Å². The molecule has 0 saturated carbocycles. The van der Waals surface area contributed by atoms with Crippen LogP contribution >= 0.6 is 24.0 Å². The maximum Gasteiger partial charge on any atom is 0.217 e. The van der Waals surface area contributed by atoms with Gasteiger partial charge in [-0.1, -0.05) is 24.3 Å². The third kappa shape index (κ3) is 8.86. The maximum atomic E-state index is 11.3. The molecule has 1 aromatic rings. The Labute approximate surface area is 210 Å². The number of benzene rings is 1. The summed E-state index contributed by atoms with van der Waals surface area (Å²) in [6.45, 7) is 11.1. The molecule has 2 fully saturated rings. The molecule has 0 aromatic heterocycles.